The summed E-state index contributed by atoms with van der Waals surface area (Å²) in [5.74, 6) is -0.437. The van der Waals surface area contributed by atoms with Gasteiger partial charge in [0, 0.05) is 12.0 Å². The summed E-state index contributed by atoms with van der Waals surface area (Å²) in [7, 11) is 0. The van der Waals surface area contributed by atoms with Crippen molar-refractivity contribution in [2.75, 3.05) is 6.61 Å². The summed E-state index contributed by atoms with van der Waals surface area (Å²) in [6.45, 7) is 2.09. The van der Waals surface area contributed by atoms with Crippen LogP contribution in [0.25, 0.3) is 5.69 Å². The molecule has 0 unspecified atom stereocenters. The van der Waals surface area contributed by atoms with Gasteiger partial charge >= 0.3 is 27.0 Å². The van der Waals surface area contributed by atoms with E-state index in [4.69, 9.17) is 4.74 Å². The number of carbonyl (C=O) groups excluding carboxylic acids is 1. The van der Waals surface area contributed by atoms with Crippen LogP contribution in [0.1, 0.15) is 17.4 Å². The zero-order valence-corrected chi connectivity index (χ0v) is 12.1. The Morgan fingerprint density at radius 1 is 1.53 bits per heavy atom. The standard InChI is InChI=1S/C12H10N2O2.W/c1-2-16-12(15)11-8-14(9-13-11)10-6-4-3-5-7-10;/h3-6,8H,2H2,1H3;/q-2;+2. The predicted molar refractivity (Wildman–Crippen MR) is 57.2 cm³/mol. The fraction of sp³-hybridized carbons (Fsp3) is 0.167. The average Bonchev–Trinajstić information content (AvgIpc) is 2.80. The van der Waals surface area contributed by atoms with Crippen LogP contribution in [0, 0.1) is 12.4 Å². The molecular weight excluding hydrogens is 388 g/mol. The zero-order valence-electron chi connectivity index (χ0n) is 9.21. The van der Waals surface area contributed by atoms with E-state index in [1.807, 2.05) is 18.2 Å². The fourth-order valence-electron chi connectivity index (χ4n) is 1.25. The Balaban J connectivity index is 0.00000144. The number of esters is 1. The van der Waals surface area contributed by atoms with Gasteiger partial charge in [-0.25, -0.2) is 6.07 Å². The second-order valence-corrected chi connectivity index (χ2v) is 3.06. The van der Waals surface area contributed by atoms with E-state index in [0.29, 0.717) is 6.61 Å². The molecular formula is C12H10N2O2W. The van der Waals surface area contributed by atoms with Crippen molar-refractivity contribution in [2.45, 2.75) is 6.92 Å². The molecule has 4 nitrogen and oxygen atoms in total. The molecule has 0 saturated carbocycles. The third kappa shape index (κ3) is 3.27. The minimum Gasteiger partial charge on any atom is -0.469 e. The van der Waals surface area contributed by atoms with Gasteiger partial charge in [-0.1, -0.05) is 6.20 Å². The number of rotatable bonds is 3. The molecule has 1 heterocycles. The number of para-hydroxylation sites is 1. The maximum Gasteiger partial charge on any atom is 2.00 e. The molecule has 2 rings (SSSR count). The van der Waals surface area contributed by atoms with Gasteiger partial charge in [0.25, 0.3) is 0 Å². The molecule has 0 amide bonds. The fourth-order valence-corrected chi connectivity index (χ4v) is 1.25. The van der Waals surface area contributed by atoms with Crippen LogP contribution in [0.15, 0.2) is 30.5 Å². The van der Waals surface area contributed by atoms with Crippen LogP contribution in [-0.4, -0.2) is 22.1 Å². The van der Waals surface area contributed by atoms with Crippen LogP contribution in [0.5, 0.6) is 0 Å². The molecule has 0 aliphatic rings. The predicted octanol–water partition coefficient (Wildman–Crippen LogP) is 1.65. The molecule has 1 aromatic carbocycles. The van der Waals surface area contributed by atoms with Crippen molar-refractivity contribution in [3.8, 4) is 5.69 Å². The Hall–Kier alpha value is -1.41. The van der Waals surface area contributed by atoms with E-state index in [2.05, 4.69) is 17.4 Å². The number of carbonyl (C=O) groups is 1. The molecule has 1 aromatic heterocycles. The van der Waals surface area contributed by atoms with Crippen LogP contribution >= 0.6 is 0 Å². The van der Waals surface area contributed by atoms with Crippen molar-refractivity contribution in [1.29, 1.82) is 0 Å². The van der Waals surface area contributed by atoms with Gasteiger partial charge in [-0.2, -0.15) is 30.0 Å². The maximum absolute atomic E-state index is 11.4. The minimum absolute atomic E-state index is 0. The summed E-state index contributed by atoms with van der Waals surface area (Å²) in [5.41, 5.74) is 1.03. The summed E-state index contributed by atoms with van der Waals surface area (Å²) < 4.78 is 6.44. The SMILES string of the molecule is CCOC(=O)c1cn(-c2[c-]cccc2)[c-]n1.[W+2]. The molecule has 0 aliphatic heterocycles. The van der Waals surface area contributed by atoms with Gasteiger partial charge in [-0.3, -0.25) is 4.79 Å². The number of ether oxygens (including phenoxy) is 1. The molecule has 2 aromatic rings. The summed E-state index contributed by atoms with van der Waals surface area (Å²) >= 11 is 0. The third-order valence-electron chi connectivity index (χ3n) is 1.97. The van der Waals surface area contributed by atoms with Gasteiger partial charge < -0.3 is 14.3 Å². The number of hydrogen-bond acceptors (Lipinski definition) is 3. The van der Waals surface area contributed by atoms with Crippen LogP contribution in [0.4, 0.5) is 0 Å². The molecule has 0 atom stereocenters. The minimum atomic E-state index is -0.437. The first-order valence-electron chi connectivity index (χ1n) is 4.92. The summed E-state index contributed by atoms with van der Waals surface area (Å²) in [6.07, 6.45) is 4.27. The van der Waals surface area contributed by atoms with E-state index in [1.165, 1.54) is 0 Å². The van der Waals surface area contributed by atoms with E-state index < -0.39 is 5.97 Å². The van der Waals surface area contributed by atoms with Crippen molar-refractivity contribution < 1.29 is 30.6 Å². The van der Waals surface area contributed by atoms with Gasteiger partial charge in [0.1, 0.15) is 0 Å². The molecule has 0 aliphatic carbocycles. The van der Waals surface area contributed by atoms with Crippen molar-refractivity contribution in [1.82, 2.24) is 9.55 Å². The maximum atomic E-state index is 11.4. The number of hydrogen-bond donors (Lipinski definition) is 0. The van der Waals surface area contributed by atoms with Crippen LogP contribution in [0.3, 0.4) is 0 Å². The van der Waals surface area contributed by atoms with E-state index >= 15 is 0 Å². The van der Waals surface area contributed by atoms with Gasteiger partial charge in [-0.15, -0.1) is 0 Å². The van der Waals surface area contributed by atoms with Crippen molar-refractivity contribution in [3.05, 3.63) is 48.5 Å². The van der Waals surface area contributed by atoms with E-state index in [-0.39, 0.29) is 26.8 Å². The first-order valence-corrected chi connectivity index (χ1v) is 4.92. The molecule has 86 valence electrons. The summed E-state index contributed by atoms with van der Waals surface area (Å²) in [5, 5.41) is 0. The number of benzene rings is 1. The zero-order chi connectivity index (χ0) is 11.4. The van der Waals surface area contributed by atoms with Gasteiger partial charge in [-0.05, 0) is 6.92 Å². The van der Waals surface area contributed by atoms with Crippen LogP contribution in [0.2, 0.25) is 0 Å². The Morgan fingerprint density at radius 3 is 3.00 bits per heavy atom. The second-order valence-electron chi connectivity index (χ2n) is 3.06. The monoisotopic (exact) mass is 398 g/mol. The normalized spacial score (nSPS) is 9.47. The van der Waals surface area contributed by atoms with E-state index in [1.54, 1.807) is 23.8 Å². The first-order chi connectivity index (χ1) is 7.81. The molecule has 0 N–H and O–H groups in total. The molecule has 0 spiro atoms. The van der Waals surface area contributed by atoms with Gasteiger partial charge in [0.05, 0.1) is 6.61 Å². The number of nitrogens with zero attached hydrogens (tertiary/aromatic N) is 2. The quantitative estimate of drug-likeness (QED) is 0.584. The molecule has 17 heavy (non-hydrogen) atoms. The average molecular weight is 398 g/mol. The molecule has 5 heteroatoms. The summed E-state index contributed by atoms with van der Waals surface area (Å²) in [4.78, 5) is 15.2. The van der Waals surface area contributed by atoms with Crippen molar-refractivity contribution >= 4 is 5.97 Å². The topological polar surface area (TPSA) is 44.1 Å². The van der Waals surface area contributed by atoms with Crippen molar-refractivity contribution in [2.24, 2.45) is 0 Å². The number of imidazole rings is 1. The van der Waals surface area contributed by atoms with Crippen LogP contribution < -0.4 is 0 Å². The Bertz CT molecular complexity index is 482. The molecule has 0 radical (unpaired) electrons. The Morgan fingerprint density at radius 2 is 2.35 bits per heavy atom. The van der Waals surface area contributed by atoms with E-state index in [0.717, 1.165) is 5.69 Å². The van der Waals surface area contributed by atoms with Crippen LogP contribution in [-0.2, 0) is 25.8 Å². The first kappa shape index (κ1) is 13.7. The van der Waals surface area contributed by atoms with Crippen molar-refractivity contribution in [3.63, 3.8) is 0 Å². The molecule has 0 saturated heterocycles. The Labute approximate surface area is 114 Å². The van der Waals surface area contributed by atoms with E-state index in [9.17, 15) is 4.79 Å². The smallest absolute Gasteiger partial charge is 0.469 e. The van der Waals surface area contributed by atoms with Gasteiger partial charge in [0.2, 0.25) is 0 Å². The van der Waals surface area contributed by atoms with Gasteiger partial charge in [0.15, 0.2) is 0 Å². The largest absolute Gasteiger partial charge is 2.00 e. The molecule has 0 bridgehead atoms. The second kappa shape index (κ2) is 6.35. The summed E-state index contributed by atoms with van der Waals surface area (Å²) in [6, 6.07) is 10.4. The Kier molecular flexibility index (Phi) is 5.10. The molecule has 0 fully saturated rings. The number of aromatic nitrogens is 2. The third-order valence-corrected chi connectivity index (χ3v) is 1.97.